The second-order valence-electron chi connectivity index (χ2n) is 4.55. The maximum Gasteiger partial charge on any atom is 0.323 e. The molecular weight excluding hydrogens is 534 g/mol. The minimum absolute atomic E-state index is 0.0968. The van der Waals surface area contributed by atoms with Crippen LogP contribution in [0.3, 0.4) is 0 Å². The molecule has 1 N–H and O–H groups in total. The Labute approximate surface area is 153 Å². The van der Waals surface area contributed by atoms with Crippen LogP contribution >= 0.6 is 63.7 Å². The van der Waals surface area contributed by atoms with Gasteiger partial charge >= 0.3 is 5.97 Å². The lowest BCUT2D eigenvalue weighted by atomic mass is 10.1. The van der Waals surface area contributed by atoms with Crippen molar-refractivity contribution in [2.75, 3.05) is 0 Å². The average Bonchev–Trinajstić information content (AvgIpc) is 2.63. The van der Waals surface area contributed by atoms with Crippen molar-refractivity contribution in [3.05, 3.63) is 42.2 Å². The Morgan fingerprint density at radius 1 is 0.905 bits per heavy atom. The minimum Gasteiger partial charge on any atom is -0.480 e. The van der Waals surface area contributed by atoms with Gasteiger partial charge in [-0.2, -0.15) is 0 Å². The molecule has 21 heavy (non-hydrogen) atoms. The highest BCUT2D eigenvalue weighted by Crippen LogP contribution is 2.40. The summed E-state index contributed by atoms with van der Waals surface area (Å²) >= 11 is 14.1. The van der Waals surface area contributed by atoms with Crippen LogP contribution in [0.2, 0.25) is 0 Å². The number of rotatable bonds is 2. The molecule has 0 spiro atoms. The molecule has 2 aromatic carbocycles. The Morgan fingerprint density at radius 2 is 1.33 bits per heavy atom. The molecule has 0 unspecified atom stereocenters. The van der Waals surface area contributed by atoms with Gasteiger partial charge in [-0.05, 0) is 56.1 Å². The number of hydrogen-bond acceptors (Lipinski definition) is 1. The van der Waals surface area contributed by atoms with Crippen LogP contribution in [0.25, 0.3) is 21.8 Å². The van der Waals surface area contributed by atoms with Gasteiger partial charge in [0.1, 0.15) is 6.54 Å². The second-order valence-corrected chi connectivity index (χ2v) is 8.09. The number of aliphatic carboxylic acids is 1. The first-order valence-electron chi connectivity index (χ1n) is 5.86. The fourth-order valence-electron chi connectivity index (χ4n) is 2.50. The van der Waals surface area contributed by atoms with Gasteiger partial charge in [0.05, 0.1) is 11.0 Å². The summed E-state index contributed by atoms with van der Waals surface area (Å²) in [5.74, 6) is -0.876. The summed E-state index contributed by atoms with van der Waals surface area (Å²) in [6, 6.07) is 7.84. The molecule has 0 bridgehead atoms. The van der Waals surface area contributed by atoms with E-state index < -0.39 is 5.97 Å². The third-order valence-corrected chi connectivity index (χ3v) is 5.30. The van der Waals surface area contributed by atoms with Crippen molar-refractivity contribution < 1.29 is 9.90 Å². The van der Waals surface area contributed by atoms with E-state index in [1.54, 1.807) is 4.57 Å². The number of carboxylic acid groups (broad SMARTS) is 1. The van der Waals surface area contributed by atoms with Crippen LogP contribution in [-0.2, 0) is 11.3 Å². The standard InChI is InChI=1S/C14H7Br4NO2/c15-6-1-8-9-2-7(16)4-11(18)14(9)19(5-12(20)21)13(8)10(17)3-6/h1-4H,5H2,(H,20,21). The van der Waals surface area contributed by atoms with E-state index in [1.807, 2.05) is 24.3 Å². The zero-order valence-corrected chi connectivity index (χ0v) is 16.7. The summed E-state index contributed by atoms with van der Waals surface area (Å²) in [5.41, 5.74) is 1.74. The zero-order chi connectivity index (χ0) is 15.3. The van der Waals surface area contributed by atoms with E-state index in [-0.39, 0.29) is 6.54 Å². The van der Waals surface area contributed by atoms with Crippen LogP contribution < -0.4 is 0 Å². The monoisotopic (exact) mass is 537 g/mol. The number of aromatic nitrogens is 1. The van der Waals surface area contributed by atoms with E-state index in [1.165, 1.54) is 0 Å². The molecule has 1 heterocycles. The molecule has 0 aliphatic rings. The van der Waals surface area contributed by atoms with Crippen LogP contribution in [0.4, 0.5) is 0 Å². The summed E-state index contributed by atoms with van der Waals surface area (Å²) in [4.78, 5) is 11.2. The normalized spacial score (nSPS) is 11.4. The lowest BCUT2D eigenvalue weighted by Crippen LogP contribution is -2.08. The van der Waals surface area contributed by atoms with Gasteiger partial charge in [0.15, 0.2) is 0 Å². The predicted molar refractivity (Wildman–Crippen MR) is 97.9 cm³/mol. The highest BCUT2D eigenvalue weighted by Gasteiger charge is 2.18. The molecule has 0 radical (unpaired) electrons. The molecule has 7 heteroatoms. The first kappa shape index (κ1) is 15.5. The number of carboxylic acids is 1. The number of halogens is 4. The summed E-state index contributed by atoms with van der Waals surface area (Å²) in [6.45, 7) is -0.0968. The molecule has 108 valence electrons. The lowest BCUT2D eigenvalue weighted by molar-refractivity contribution is -0.137. The van der Waals surface area contributed by atoms with Crippen molar-refractivity contribution in [2.45, 2.75) is 6.54 Å². The lowest BCUT2D eigenvalue weighted by Gasteiger charge is -2.07. The van der Waals surface area contributed by atoms with Crippen LogP contribution in [0.5, 0.6) is 0 Å². The third-order valence-electron chi connectivity index (χ3n) is 3.18. The van der Waals surface area contributed by atoms with Gasteiger partial charge in [-0.15, -0.1) is 0 Å². The summed E-state index contributed by atoms with van der Waals surface area (Å²) in [6.07, 6.45) is 0. The maximum absolute atomic E-state index is 11.2. The Bertz CT molecular complexity index is 836. The Kier molecular flexibility index (Phi) is 4.20. The van der Waals surface area contributed by atoms with E-state index in [4.69, 9.17) is 0 Å². The van der Waals surface area contributed by atoms with Crippen molar-refractivity contribution in [1.29, 1.82) is 0 Å². The van der Waals surface area contributed by atoms with Crippen molar-refractivity contribution in [3.63, 3.8) is 0 Å². The molecule has 0 aliphatic heterocycles. The Balaban J connectivity index is 2.58. The maximum atomic E-state index is 11.2. The largest absolute Gasteiger partial charge is 0.480 e. The SMILES string of the molecule is O=C(O)Cn1c2c(Br)cc(Br)cc2c2cc(Br)cc(Br)c21. The van der Waals surface area contributed by atoms with Crippen LogP contribution in [0.15, 0.2) is 42.2 Å². The molecule has 3 nitrogen and oxygen atoms in total. The van der Waals surface area contributed by atoms with Gasteiger partial charge in [0.2, 0.25) is 0 Å². The van der Waals surface area contributed by atoms with E-state index >= 15 is 0 Å². The van der Waals surface area contributed by atoms with E-state index in [0.29, 0.717) is 0 Å². The quantitative estimate of drug-likeness (QED) is 0.438. The summed E-state index contributed by atoms with van der Waals surface area (Å²) in [7, 11) is 0. The molecule has 0 aliphatic carbocycles. The molecule has 3 rings (SSSR count). The van der Waals surface area contributed by atoms with Crippen LogP contribution in [0, 0.1) is 0 Å². The van der Waals surface area contributed by atoms with Crippen LogP contribution in [-0.4, -0.2) is 15.6 Å². The molecule has 0 amide bonds. The third kappa shape index (κ3) is 2.69. The molecular formula is C14H7Br4NO2. The Morgan fingerprint density at radius 3 is 1.71 bits per heavy atom. The van der Waals surface area contributed by atoms with E-state index in [0.717, 1.165) is 39.7 Å². The van der Waals surface area contributed by atoms with Gasteiger partial charge in [-0.1, -0.05) is 31.9 Å². The van der Waals surface area contributed by atoms with Crippen molar-refractivity contribution >= 4 is 91.5 Å². The zero-order valence-electron chi connectivity index (χ0n) is 10.3. The van der Waals surface area contributed by atoms with Crippen molar-refractivity contribution in [2.24, 2.45) is 0 Å². The molecule has 1 aromatic heterocycles. The van der Waals surface area contributed by atoms with Crippen molar-refractivity contribution in [1.82, 2.24) is 4.57 Å². The summed E-state index contributed by atoms with van der Waals surface area (Å²) in [5, 5.41) is 11.2. The van der Waals surface area contributed by atoms with Gasteiger partial charge in [-0.3, -0.25) is 4.79 Å². The minimum atomic E-state index is -0.876. The van der Waals surface area contributed by atoms with Gasteiger partial charge in [0, 0.05) is 28.7 Å². The number of fused-ring (bicyclic) bond motifs is 3. The molecule has 0 fully saturated rings. The van der Waals surface area contributed by atoms with Crippen molar-refractivity contribution in [3.8, 4) is 0 Å². The Hall–Kier alpha value is -0.370. The van der Waals surface area contributed by atoms with Crippen LogP contribution in [0.1, 0.15) is 0 Å². The van der Waals surface area contributed by atoms with Gasteiger partial charge < -0.3 is 9.67 Å². The fraction of sp³-hybridized carbons (Fsp3) is 0.0714. The average molecular weight is 541 g/mol. The summed E-state index contributed by atoms with van der Waals surface area (Å²) < 4.78 is 5.39. The molecule has 3 aromatic rings. The second kappa shape index (κ2) is 5.68. The fourth-order valence-corrected chi connectivity index (χ4v) is 5.37. The number of nitrogens with zero attached hydrogens (tertiary/aromatic N) is 1. The number of hydrogen-bond donors (Lipinski definition) is 1. The first-order valence-corrected chi connectivity index (χ1v) is 9.03. The van der Waals surface area contributed by atoms with Gasteiger partial charge in [0.25, 0.3) is 0 Å². The van der Waals surface area contributed by atoms with Gasteiger partial charge in [-0.25, -0.2) is 0 Å². The van der Waals surface area contributed by atoms with E-state index in [2.05, 4.69) is 63.7 Å². The molecule has 0 atom stereocenters. The molecule has 0 saturated carbocycles. The molecule has 0 saturated heterocycles. The van der Waals surface area contributed by atoms with E-state index in [9.17, 15) is 9.90 Å². The first-order chi connectivity index (χ1) is 9.88. The predicted octanol–water partition coefficient (Wildman–Crippen LogP) is 5.93. The highest BCUT2D eigenvalue weighted by atomic mass is 79.9. The topological polar surface area (TPSA) is 42.2 Å². The smallest absolute Gasteiger partial charge is 0.323 e. The number of carbonyl (C=O) groups is 1. The number of benzene rings is 2. The highest BCUT2D eigenvalue weighted by molar-refractivity contribution is 9.11.